The lowest BCUT2D eigenvalue weighted by Gasteiger charge is -2.25. The third kappa shape index (κ3) is 2.60. The number of benzene rings is 1. The molecule has 2 rings (SSSR count). The minimum Gasteiger partial charge on any atom is -0.374 e. The number of ether oxygens (including phenoxy) is 1. The highest BCUT2D eigenvalue weighted by Crippen LogP contribution is 2.32. The smallest absolute Gasteiger partial charge is 0.0827 e. The Morgan fingerprint density at radius 1 is 1.33 bits per heavy atom. The van der Waals surface area contributed by atoms with Crippen molar-refractivity contribution in [2.75, 3.05) is 6.61 Å². The van der Waals surface area contributed by atoms with Crippen LogP contribution in [0.1, 0.15) is 49.8 Å². The number of unbranched alkanes of at least 4 members (excludes halogenated alkanes) is 1. The zero-order valence-corrected chi connectivity index (χ0v) is 9.54. The van der Waals surface area contributed by atoms with E-state index in [0.29, 0.717) is 6.10 Å². The molecule has 1 aliphatic rings. The minimum absolute atomic E-state index is 0.362. The summed E-state index contributed by atoms with van der Waals surface area (Å²) in [7, 11) is 0. The number of rotatable bonds is 4. The maximum Gasteiger partial charge on any atom is 0.0827 e. The van der Waals surface area contributed by atoms with E-state index in [1.54, 1.807) is 0 Å². The van der Waals surface area contributed by atoms with Crippen LogP contribution in [0.2, 0.25) is 0 Å². The topological polar surface area (TPSA) is 9.23 Å². The van der Waals surface area contributed by atoms with Gasteiger partial charge in [0, 0.05) is 6.61 Å². The van der Waals surface area contributed by atoms with Gasteiger partial charge in [0.05, 0.1) is 6.10 Å². The van der Waals surface area contributed by atoms with Crippen LogP contribution in [-0.2, 0) is 11.2 Å². The SMILES string of the molecule is CCCCOC1CCCc2ccccc21. The zero-order valence-electron chi connectivity index (χ0n) is 9.54. The fraction of sp³-hybridized carbons (Fsp3) is 0.571. The van der Waals surface area contributed by atoms with E-state index in [4.69, 9.17) is 4.74 Å². The van der Waals surface area contributed by atoms with Crippen molar-refractivity contribution in [3.63, 3.8) is 0 Å². The first-order valence-corrected chi connectivity index (χ1v) is 6.11. The Labute approximate surface area is 92.5 Å². The van der Waals surface area contributed by atoms with E-state index in [0.717, 1.165) is 6.61 Å². The fourth-order valence-corrected chi connectivity index (χ4v) is 2.25. The monoisotopic (exact) mass is 204 g/mol. The van der Waals surface area contributed by atoms with E-state index >= 15 is 0 Å². The lowest BCUT2D eigenvalue weighted by molar-refractivity contribution is 0.0390. The maximum absolute atomic E-state index is 5.95. The molecule has 1 aromatic rings. The van der Waals surface area contributed by atoms with Crippen molar-refractivity contribution in [3.8, 4) is 0 Å². The Morgan fingerprint density at radius 2 is 2.20 bits per heavy atom. The van der Waals surface area contributed by atoms with Crippen LogP contribution in [0.15, 0.2) is 24.3 Å². The van der Waals surface area contributed by atoms with Gasteiger partial charge in [-0.2, -0.15) is 0 Å². The highest BCUT2D eigenvalue weighted by molar-refractivity contribution is 5.31. The molecule has 1 aromatic carbocycles. The molecule has 0 aromatic heterocycles. The van der Waals surface area contributed by atoms with Crippen molar-refractivity contribution in [1.29, 1.82) is 0 Å². The Bertz CT molecular complexity index is 306. The molecular weight excluding hydrogens is 184 g/mol. The molecule has 0 fully saturated rings. The Balaban J connectivity index is 2.02. The number of aryl methyl sites for hydroxylation is 1. The molecule has 1 nitrogen and oxygen atoms in total. The van der Waals surface area contributed by atoms with Gasteiger partial charge < -0.3 is 4.74 Å². The average Bonchev–Trinajstić information content (AvgIpc) is 2.30. The maximum atomic E-state index is 5.95. The molecule has 0 heterocycles. The zero-order chi connectivity index (χ0) is 10.5. The van der Waals surface area contributed by atoms with Crippen molar-refractivity contribution >= 4 is 0 Å². The predicted octanol–water partition coefficient (Wildman–Crippen LogP) is 3.88. The van der Waals surface area contributed by atoms with Gasteiger partial charge >= 0.3 is 0 Å². The van der Waals surface area contributed by atoms with Crippen LogP contribution < -0.4 is 0 Å². The molecular formula is C14H20O. The summed E-state index contributed by atoms with van der Waals surface area (Å²) in [4.78, 5) is 0. The van der Waals surface area contributed by atoms with Gasteiger partial charge in [0.15, 0.2) is 0 Å². The van der Waals surface area contributed by atoms with Gasteiger partial charge in [0.2, 0.25) is 0 Å². The van der Waals surface area contributed by atoms with E-state index in [9.17, 15) is 0 Å². The summed E-state index contributed by atoms with van der Waals surface area (Å²) in [6, 6.07) is 8.73. The number of fused-ring (bicyclic) bond motifs is 1. The molecule has 0 saturated carbocycles. The van der Waals surface area contributed by atoms with Crippen LogP contribution in [0.4, 0.5) is 0 Å². The predicted molar refractivity (Wildman–Crippen MR) is 63.0 cm³/mol. The molecule has 0 N–H and O–H groups in total. The summed E-state index contributed by atoms with van der Waals surface area (Å²) in [5.74, 6) is 0. The first-order chi connectivity index (χ1) is 7.42. The molecule has 0 aliphatic heterocycles. The number of hydrogen-bond acceptors (Lipinski definition) is 1. The van der Waals surface area contributed by atoms with Crippen molar-refractivity contribution in [2.45, 2.75) is 45.1 Å². The van der Waals surface area contributed by atoms with Gasteiger partial charge in [0.25, 0.3) is 0 Å². The molecule has 1 heteroatoms. The third-order valence-electron chi connectivity index (χ3n) is 3.13. The van der Waals surface area contributed by atoms with Gasteiger partial charge in [-0.1, -0.05) is 37.6 Å². The molecule has 82 valence electrons. The summed E-state index contributed by atoms with van der Waals surface area (Å²) >= 11 is 0. The van der Waals surface area contributed by atoms with E-state index in [2.05, 4.69) is 31.2 Å². The molecule has 0 bridgehead atoms. The van der Waals surface area contributed by atoms with Crippen molar-refractivity contribution < 1.29 is 4.74 Å². The van der Waals surface area contributed by atoms with Gasteiger partial charge in [-0.3, -0.25) is 0 Å². The normalized spacial score (nSPS) is 19.9. The summed E-state index contributed by atoms with van der Waals surface area (Å²) < 4.78 is 5.95. The molecule has 0 radical (unpaired) electrons. The van der Waals surface area contributed by atoms with Crippen molar-refractivity contribution in [1.82, 2.24) is 0 Å². The molecule has 1 aliphatic carbocycles. The lowest BCUT2D eigenvalue weighted by Crippen LogP contribution is -2.13. The second-order valence-electron chi connectivity index (χ2n) is 4.30. The molecule has 0 spiro atoms. The quantitative estimate of drug-likeness (QED) is 0.676. The summed E-state index contributed by atoms with van der Waals surface area (Å²) in [5, 5.41) is 0. The van der Waals surface area contributed by atoms with E-state index in [-0.39, 0.29) is 0 Å². The van der Waals surface area contributed by atoms with E-state index in [1.807, 2.05) is 0 Å². The van der Waals surface area contributed by atoms with Crippen LogP contribution in [0.3, 0.4) is 0 Å². The third-order valence-corrected chi connectivity index (χ3v) is 3.13. The summed E-state index contributed by atoms with van der Waals surface area (Å²) in [5.41, 5.74) is 2.92. The molecule has 1 unspecified atom stereocenters. The molecule has 15 heavy (non-hydrogen) atoms. The van der Waals surface area contributed by atoms with Crippen LogP contribution in [-0.4, -0.2) is 6.61 Å². The Morgan fingerprint density at radius 3 is 3.07 bits per heavy atom. The van der Waals surface area contributed by atoms with Gasteiger partial charge in [-0.25, -0.2) is 0 Å². The van der Waals surface area contributed by atoms with Crippen LogP contribution in [0, 0.1) is 0 Å². The van der Waals surface area contributed by atoms with Crippen molar-refractivity contribution in [2.24, 2.45) is 0 Å². The highest BCUT2D eigenvalue weighted by Gasteiger charge is 2.19. The second-order valence-corrected chi connectivity index (χ2v) is 4.30. The molecule has 0 amide bonds. The van der Waals surface area contributed by atoms with Crippen LogP contribution >= 0.6 is 0 Å². The Hall–Kier alpha value is -0.820. The van der Waals surface area contributed by atoms with Gasteiger partial charge in [-0.15, -0.1) is 0 Å². The minimum atomic E-state index is 0.362. The Kier molecular flexibility index (Phi) is 3.79. The molecule has 0 saturated heterocycles. The highest BCUT2D eigenvalue weighted by atomic mass is 16.5. The van der Waals surface area contributed by atoms with Crippen LogP contribution in [0.25, 0.3) is 0 Å². The van der Waals surface area contributed by atoms with Gasteiger partial charge in [0.1, 0.15) is 0 Å². The van der Waals surface area contributed by atoms with E-state index in [1.165, 1.54) is 43.2 Å². The first-order valence-electron chi connectivity index (χ1n) is 6.11. The summed E-state index contributed by atoms with van der Waals surface area (Å²) in [6.45, 7) is 3.12. The lowest BCUT2D eigenvalue weighted by atomic mass is 9.89. The molecule has 1 atom stereocenters. The number of hydrogen-bond donors (Lipinski definition) is 0. The van der Waals surface area contributed by atoms with Crippen molar-refractivity contribution in [3.05, 3.63) is 35.4 Å². The van der Waals surface area contributed by atoms with E-state index < -0.39 is 0 Å². The van der Waals surface area contributed by atoms with Gasteiger partial charge in [-0.05, 0) is 36.8 Å². The van der Waals surface area contributed by atoms with Crippen LogP contribution in [0.5, 0.6) is 0 Å². The largest absolute Gasteiger partial charge is 0.374 e. The first kappa shape index (κ1) is 10.7. The second kappa shape index (κ2) is 5.32. The average molecular weight is 204 g/mol. The fourth-order valence-electron chi connectivity index (χ4n) is 2.25. The summed E-state index contributed by atoms with van der Waals surface area (Å²) in [6.07, 6.45) is 6.45. The standard InChI is InChI=1S/C14H20O/c1-2-3-11-15-14-10-6-8-12-7-4-5-9-13(12)14/h4-5,7,9,14H,2-3,6,8,10-11H2,1H3.